The zero-order chi connectivity index (χ0) is 26.2. The molecule has 5 rings (SSSR count). The summed E-state index contributed by atoms with van der Waals surface area (Å²) in [5.41, 5.74) is 8.55. The first-order chi connectivity index (χ1) is 17.9. The smallest absolute Gasteiger partial charge is 0.252 e. The third-order valence-corrected chi connectivity index (χ3v) is 9.31. The van der Waals surface area contributed by atoms with E-state index < -0.39 is 22.7 Å². The van der Waals surface area contributed by atoms with Crippen LogP contribution in [-0.2, 0) is 16.2 Å². The number of carbonyl (C=O) groups excluding carboxylic acids is 2. The predicted molar refractivity (Wildman–Crippen MR) is 148 cm³/mol. The molecular weight excluding hydrogens is 488 g/mol. The number of pyridine rings is 1. The molecule has 2 atom stereocenters. The van der Waals surface area contributed by atoms with Crippen molar-refractivity contribution < 1.29 is 14.1 Å². The van der Waals surface area contributed by atoms with Crippen LogP contribution in [0.3, 0.4) is 0 Å². The van der Waals surface area contributed by atoms with Crippen molar-refractivity contribution in [2.24, 2.45) is 11.1 Å². The van der Waals surface area contributed by atoms with Gasteiger partial charge in [-0.1, -0.05) is 12.1 Å². The molecule has 0 aliphatic carbocycles. The SMILES string of the molecule is CNCCC1(C=O)CCCN(c2ncc(C(N)=O)c3[nH]c4cc(C5CCN([S+](C)[O-])CC5)ccc4c23)C1. The van der Waals surface area contributed by atoms with Crippen LogP contribution in [-0.4, -0.2) is 77.0 Å². The lowest BCUT2D eigenvalue weighted by Gasteiger charge is -2.40. The van der Waals surface area contributed by atoms with Gasteiger partial charge in [-0.15, -0.1) is 4.31 Å². The van der Waals surface area contributed by atoms with E-state index in [1.54, 1.807) is 12.5 Å². The van der Waals surface area contributed by atoms with Gasteiger partial charge in [0.25, 0.3) is 5.91 Å². The number of fused-ring (bicyclic) bond motifs is 3. The molecule has 0 radical (unpaired) electrons. The highest BCUT2D eigenvalue weighted by atomic mass is 32.2. The normalized spacial score (nSPS) is 22.5. The Labute approximate surface area is 220 Å². The Bertz CT molecular complexity index is 1300. The molecule has 9 nitrogen and oxygen atoms in total. The fraction of sp³-hybridized carbons (Fsp3) is 0.519. The monoisotopic (exact) mass is 524 g/mol. The minimum absolute atomic E-state index is 0.365. The highest BCUT2D eigenvalue weighted by Crippen LogP contribution is 2.40. The molecule has 2 unspecified atom stereocenters. The number of anilines is 1. The van der Waals surface area contributed by atoms with Crippen molar-refractivity contribution in [3.63, 3.8) is 0 Å². The van der Waals surface area contributed by atoms with Gasteiger partial charge in [-0.25, -0.2) is 4.98 Å². The number of aromatic amines is 1. The molecule has 0 bridgehead atoms. The Kier molecular flexibility index (Phi) is 7.44. The van der Waals surface area contributed by atoms with Crippen LogP contribution in [0.4, 0.5) is 5.82 Å². The molecule has 4 N–H and O–H groups in total. The van der Waals surface area contributed by atoms with Crippen LogP contribution in [0, 0.1) is 5.41 Å². The lowest BCUT2D eigenvalue weighted by atomic mass is 9.78. The van der Waals surface area contributed by atoms with Crippen molar-refractivity contribution in [2.45, 2.75) is 38.0 Å². The van der Waals surface area contributed by atoms with E-state index in [-0.39, 0.29) is 0 Å². The third-order valence-electron chi connectivity index (χ3n) is 8.22. The summed E-state index contributed by atoms with van der Waals surface area (Å²) in [6.45, 7) is 3.81. The number of nitrogens with one attached hydrogen (secondary N) is 2. The number of hydrogen-bond acceptors (Lipinski definition) is 7. The van der Waals surface area contributed by atoms with E-state index in [2.05, 4.69) is 33.4 Å². The number of carbonyl (C=O) groups is 2. The molecule has 2 aromatic heterocycles. The number of aldehydes is 1. The first kappa shape index (κ1) is 26.0. The fourth-order valence-corrected chi connectivity index (χ4v) is 6.83. The van der Waals surface area contributed by atoms with Crippen molar-refractivity contribution in [1.29, 1.82) is 0 Å². The van der Waals surface area contributed by atoms with Gasteiger partial charge < -0.3 is 30.3 Å². The zero-order valence-electron chi connectivity index (χ0n) is 21.6. The second kappa shape index (κ2) is 10.6. The van der Waals surface area contributed by atoms with E-state index in [1.165, 1.54) is 5.56 Å². The topological polar surface area (TPSA) is 130 Å². The number of nitrogens with zero attached hydrogens (tertiary/aromatic N) is 3. The van der Waals surface area contributed by atoms with Gasteiger partial charge in [0.1, 0.15) is 18.4 Å². The average Bonchev–Trinajstić information content (AvgIpc) is 3.30. The number of piperidine rings is 2. The highest BCUT2D eigenvalue weighted by Gasteiger charge is 2.36. The zero-order valence-corrected chi connectivity index (χ0v) is 22.4. The van der Waals surface area contributed by atoms with Gasteiger partial charge in [-0.3, -0.25) is 4.79 Å². The Morgan fingerprint density at radius 3 is 2.81 bits per heavy atom. The van der Waals surface area contributed by atoms with Gasteiger partial charge >= 0.3 is 0 Å². The molecular formula is C27H36N6O3S. The number of nitrogens with two attached hydrogens (primary N) is 1. The van der Waals surface area contributed by atoms with Crippen LogP contribution in [0.25, 0.3) is 21.8 Å². The molecule has 198 valence electrons. The summed E-state index contributed by atoms with van der Waals surface area (Å²) in [7, 11) is 1.90. The Balaban J connectivity index is 1.54. The Morgan fingerprint density at radius 1 is 1.35 bits per heavy atom. The van der Waals surface area contributed by atoms with Crippen LogP contribution in [0.1, 0.15) is 53.9 Å². The largest absolute Gasteiger partial charge is 0.598 e. The number of H-pyrrole nitrogens is 1. The van der Waals surface area contributed by atoms with Crippen LogP contribution in [0.15, 0.2) is 24.4 Å². The molecule has 2 saturated heterocycles. The first-order valence-corrected chi connectivity index (χ1v) is 14.6. The molecule has 10 heteroatoms. The number of amides is 1. The third kappa shape index (κ3) is 4.95. The molecule has 2 fully saturated rings. The predicted octanol–water partition coefficient (Wildman–Crippen LogP) is 2.68. The van der Waals surface area contributed by atoms with Crippen LogP contribution >= 0.6 is 0 Å². The van der Waals surface area contributed by atoms with Crippen molar-refractivity contribution in [3.05, 3.63) is 35.5 Å². The van der Waals surface area contributed by atoms with Gasteiger partial charge in [-0.05, 0) is 63.2 Å². The van der Waals surface area contributed by atoms with Crippen molar-refractivity contribution in [1.82, 2.24) is 19.6 Å². The minimum atomic E-state index is -0.931. The molecule has 2 aliphatic heterocycles. The molecule has 3 aromatic rings. The first-order valence-electron chi connectivity index (χ1n) is 13.0. The van der Waals surface area contributed by atoms with Crippen LogP contribution < -0.4 is 16.0 Å². The summed E-state index contributed by atoms with van der Waals surface area (Å²) in [4.78, 5) is 34.9. The summed E-state index contributed by atoms with van der Waals surface area (Å²) < 4.78 is 13.9. The molecule has 0 saturated carbocycles. The molecule has 1 aromatic carbocycles. The second-order valence-corrected chi connectivity index (χ2v) is 11.9. The number of benzene rings is 1. The molecule has 4 heterocycles. The van der Waals surface area contributed by atoms with Crippen molar-refractivity contribution in [3.8, 4) is 0 Å². The van der Waals surface area contributed by atoms with E-state index in [0.717, 1.165) is 86.7 Å². The highest BCUT2D eigenvalue weighted by molar-refractivity contribution is 7.88. The van der Waals surface area contributed by atoms with E-state index in [0.29, 0.717) is 23.5 Å². The van der Waals surface area contributed by atoms with E-state index in [4.69, 9.17) is 10.7 Å². The number of aromatic nitrogens is 2. The van der Waals surface area contributed by atoms with Crippen LogP contribution in [0.2, 0.25) is 0 Å². The lowest BCUT2D eigenvalue weighted by molar-refractivity contribution is -0.117. The molecule has 37 heavy (non-hydrogen) atoms. The van der Waals surface area contributed by atoms with E-state index >= 15 is 0 Å². The molecule has 0 spiro atoms. The van der Waals surface area contributed by atoms with Gasteiger partial charge in [-0.2, -0.15) is 0 Å². The summed E-state index contributed by atoms with van der Waals surface area (Å²) in [6, 6.07) is 6.45. The van der Waals surface area contributed by atoms with Crippen molar-refractivity contribution >= 4 is 51.2 Å². The van der Waals surface area contributed by atoms with Gasteiger partial charge in [0.05, 0.1) is 16.5 Å². The maximum Gasteiger partial charge on any atom is 0.252 e. The van der Waals surface area contributed by atoms with E-state index in [9.17, 15) is 14.1 Å². The van der Waals surface area contributed by atoms with Crippen LogP contribution in [0.5, 0.6) is 0 Å². The lowest BCUT2D eigenvalue weighted by Crippen LogP contribution is -2.46. The maximum atomic E-state index is 12.3. The Morgan fingerprint density at radius 2 is 2.14 bits per heavy atom. The van der Waals surface area contributed by atoms with Gasteiger partial charge in [0, 0.05) is 60.1 Å². The standard InChI is InChI=1S/C27H36N6O3S/c1-29-10-9-27(17-34)8-3-11-32(16-27)26-23-20-5-4-19(18-6-12-33(13-7-18)37(2)36)14-22(20)31-24(23)21(15-30-26)25(28)35/h4-5,14-15,17-18,29,31H,3,6-13,16H2,1-2H3,(H2,28,35). The quantitative estimate of drug-likeness (QED) is 0.305. The number of rotatable bonds is 8. The summed E-state index contributed by atoms with van der Waals surface area (Å²) in [5.74, 6) is 0.657. The number of hydrogen-bond donors (Lipinski definition) is 3. The fourth-order valence-electron chi connectivity index (χ4n) is 6.11. The van der Waals surface area contributed by atoms with Crippen molar-refractivity contribution in [2.75, 3.05) is 50.9 Å². The average molecular weight is 525 g/mol. The second-order valence-electron chi connectivity index (χ2n) is 10.5. The summed E-state index contributed by atoms with van der Waals surface area (Å²) >= 11 is -0.931. The Hall–Kier alpha value is -2.66. The van der Waals surface area contributed by atoms with Gasteiger partial charge in [0.2, 0.25) is 0 Å². The summed E-state index contributed by atoms with van der Waals surface area (Å²) in [5, 5.41) is 5.04. The minimum Gasteiger partial charge on any atom is -0.598 e. The van der Waals surface area contributed by atoms with Gasteiger partial charge in [0.15, 0.2) is 0 Å². The molecule has 2 aliphatic rings. The summed E-state index contributed by atoms with van der Waals surface area (Å²) in [6.07, 6.45) is 8.86. The maximum absolute atomic E-state index is 12.3. The van der Waals surface area contributed by atoms with E-state index in [1.807, 2.05) is 11.4 Å². The molecule has 1 amide bonds. The number of primary amides is 1.